The van der Waals surface area contributed by atoms with Crippen LogP contribution in [0.15, 0.2) is 0 Å². The molecule has 0 saturated heterocycles. The van der Waals surface area contributed by atoms with Gasteiger partial charge in [-0.2, -0.15) is 0 Å². The number of hydrogen-bond acceptors (Lipinski definition) is 1. The second-order valence-electron chi connectivity index (χ2n) is 1.73. The molecule has 0 aliphatic heterocycles. The molecule has 0 aliphatic carbocycles. The SMILES string of the molecule is OC(CCCBr)C(Br)Br. The zero-order chi connectivity index (χ0) is 7.28. The molecule has 1 unspecified atom stereocenters. The maximum Gasteiger partial charge on any atom is 0.0956 e. The van der Waals surface area contributed by atoms with Crippen molar-refractivity contribution in [1.82, 2.24) is 0 Å². The van der Waals surface area contributed by atoms with Crippen molar-refractivity contribution in [2.24, 2.45) is 0 Å². The molecule has 0 fully saturated rings. The van der Waals surface area contributed by atoms with Crippen LogP contribution < -0.4 is 0 Å². The van der Waals surface area contributed by atoms with Crippen LogP contribution in [0, 0.1) is 0 Å². The molecule has 0 rings (SSSR count). The zero-order valence-corrected chi connectivity index (χ0v) is 9.62. The number of alkyl halides is 3. The standard InChI is InChI=1S/C5H9Br3O/c6-3-1-2-4(9)5(7)8/h4-5,9H,1-3H2. The Labute approximate surface area is 80.6 Å². The lowest BCUT2D eigenvalue weighted by atomic mass is 10.2. The topological polar surface area (TPSA) is 20.2 Å². The third kappa shape index (κ3) is 5.83. The average Bonchev–Trinajstić information content (AvgIpc) is 1.82. The van der Waals surface area contributed by atoms with Gasteiger partial charge in [-0.1, -0.05) is 47.8 Å². The summed E-state index contributed by atoms with van der Waals surface area (Å²) in [6.45, 7) is 0. The first kappa shape index (κ1) is 10.4. The van der Waals surface area contributed by atoms with Gasteiger partial charge < -0.3 is 5.11 Å². The minimum absolute atomic E-state index is 0.0315. The van der Waals surface area contributed by atoms with Gasteiger partial charge in [0.1, 0.15) is 0 Å². The van der Waals surface area contributed by atoms with Gasteiger partial charge >= 0.3 is 0 Å². The monoisotopic (exact) mass is 322 g/mol. The van der Waals surface area contributed by atoms with Crippen LogP contribution in [0.1, 0.15) is 12.8 Å². The van der Waals surface area contributed by atoms with Gasteiger partial charge in [0.05, 0.1) is 9.84 Å². The lowest BCUT2D eigenvalue weighted by molar-refractivity contribution is 0.184. The minimum atomic E-state index is -0.275. The highest BCUT2D eigenvalue weighted by Gasteiger charge is 2.10. The molecular weight excluding hydrogens is 316 g/mol. The average molecular weight is 325 g/mol. The first-order valence-electron chi connectivity index (χ1n) is 2.70. The Morgan fingerprint density at radius 3 is 2.22 bits per heavy atom. The van der Waals surface area contributed by atoms with E-state index in [9.17, 15) is 0 Å². The Balaban J connectivity index is 3.16. The van der Waals surface area contributed by atoms with Crippen molar-refractivity contribution in [2.45, 2.75) is 22.7 Å². The summed E-state index contributed by atoms with van der Waals surface area (Å²) >= 11 is 9.73. The van der Waals surface area contributed by atoms with E-state index in [4.69, 9.17) is 5.11 Å². The Hall–Kier alpha value is 1.40. The summed E-state index contributed by atoms with van der Waals surface area (Å²) in [7, 11) is 0. The fourth-order valence-corrected chi connectivity index (χ4v) is 1.26. The van der Waals surface area contributed by atoms with E-state index in [1.807, 2.05) is 0 Å². The Morgan fingerprint density at radius 1 is 1.33 bits per heavy atom. The summed E-state index contributed by atoms with van der Waals surface area (Å²) < 4.78 is 0.0315. The van der Waals surface area contributed by atoms with Crippen LogP contribution in [-0.2, 0) is 0 Å². The first-order chi connectivity index (χ1) is 4.18. The number of hydrogen-bond donors (Lipinski definition) is 1. The molecule has 1 nitrogen and oxygen atoms in total. The molecule has 56 valence electrons. The van der Waals surface area contributed by atoms with E-state index in [1.54, 1.807) is 0 Å². The van der Waals surface area contributed by atoms with Crippen LogP contribution in [0.2, 0.25) is 0 Å². The number of rotatable bonds is 4. The van der Waals surface area contributed by atoms with Crippen molar-refractivity contribution in [3.8, 4) is 0 Å². The van der Waals surface area contributed by atoms with Crippen LogP contribution in [0.3, 0.4) is 0 Å². The second-order valence-corrected chi connectivity index (χ2v) is 5.73. The molecule has 9 heavy (non-hydrogen) atoms. The highest BCUT2D eigenvalue weighted by Crippen LogP contribution is 2.16. The van der Waals surface area contributed by atoms with Crippen molar-refractivity contribution in [2.75, 3.05) is 5.33 Å². The molecule has 0 aromatic rings. The van der Waals surface area contributed by atoms with Crippen LogP contribution in [0.4, 0.5) is 0 Å². The van der Waals surface area contributed by atoms with Crippen LogP contribution >= 0.6 is 47.8 Å². The number of aliphatic hydroxyl groups is 1. The predicted octanol–water partition coefficient (Wildman–Crippen LogP) is 2.64. The van der Waals surface area contributed by atoms with Crippen molar-refractivity contribution in [3.05, 3.63) is 0 Å². The fourth-order valence-electron chi connectivity index (χ4n) is 0.412. The Bertz CT molecular complexity index is 67.2. The summed E-state index contributed by atoms with van der Waals surface area (Å²) in [6, 6.07) is 0. The summed E-state index contributed by atoms with van der Waals surface area (Å²) in [5.74, 6) is 0. The van der Waals surface area contributed by atoms with Crippen LogP contribution in [0.5, 0.6) is 0 Å². The smallest absolute Gasteiger partial charge is 0.0956 e. The summed E-state index contributed by atoms with van der Waals surface area (Å²) in [5, 5.41) is 10.1. The highest BCUT2D eigenvalue weighted by atomic mass is 79.9. The van der Waals surface area contributed by atoms with E-state index in [0.717, 1.165) is 18.2 Å². The molecule has 0 spiro atoms. The van der Waals surface area contributed by atoms with Gasteiger partial charge in [-0.3, -0.25) is 0 Å². The molecule has 0 bridgehead atoms. The van der Waals surface area contributed by atoms with Gasteiger partial charge in [0.2, 0.25) is 0 Å². The summed E-state index contributed by atoms with van der Waals surface area (Å²) in [4.78, 5) is 0. The van der Waals surface area contributed by atoms with E-state index in [2.05, 4.69) is 47.8 Å². The molecule has 0 saturated carbocycles. The third-order valence-electron chi connectivity index (χ3n) is 0.924. The summed E-state index contributed by atoms with van der Waals surface area (Å²) in [6.07, 6.45) is 1.56. The molecule has 0 amide bonds. The number of aliphatic hydroxyl groups excluding tert-OH is 1. The molecule has 0 aromatic carbocycles. The fraction of sp³-hybridized carbons (Fsp3) is 1.00. The third-order valence-corrected chi connectivity index (χ3v) is 2.71. The van der Waals surface area contributed by atoms with E-state index < -0.39 is 0 Å². The molecule has 0 radical (unpaired) electrons. The van der Waals surface area contributed by atoms with Gasteiger partial charge in [0, 0.05) is 5.33 Å². The maximum atomic E-state index is 9.14. The van der Waals surface area contributed by atoms with Crippen molar-refractivity contribution in [1.29, 1.82) is 0 Å². The Morgan fingerprint density at radius 2 is 1.89 bits per heavy atom. The van der Waals surface area contributed by atoms with Crippen LogP contribution in [0.25, 0.3) is 0 Å². The minimum Gasteiger partial charge on any atom is -0.391 e. The molecule has 0 aromatic heterocycles. The lowest BCUT2D eigenvalue weighted by Crippen LogP contribution is -2.14. The van der Waals surface area contributed by atoms with Crippen molar-refractivity contribution < 1.29 is 5.11 Å². The summed E-state index contributed by atoms with van der Waals surface area (Å²) in [5.41, 5.74) is 0. The van der Waals surface area contributed by atoms with E-state index in [-0.39, 0.29) is 9.84 Å². The Kier molecular flexibility index (Phi) is 7.09. The molecule has 4 heteroatoms. The van der Waals surface area contributed by atoms with E-state index in [1.165, 1.54) is 0 Å². The van der Waals surface area contributed by atoms with Crippen LogP contribution in [-0.4, -0.2) is 20.3 Å². The quantitative estimate of drug-likeness (QED) is 0.788. The molecule has 0 heterocycles. The first-order valence-corrected chi connectivity index (χ1v) is 5.66. The maximum absolute atomic E-state index is 9.14. The van der Waals surface area contributed by atoms with E-state index in [0.29, 0.717) is 0 Å². The van der Waals surface area contributed by atoms with Gasteiger partial charge in [0.25, 0.3) is 0 Å². The zero-order valence-electron chi connectivity index (χ0n) is 4.86. The predicted molar refractivity (Wildman–Crippen MR) is 50.7 cm³/mol. The molecule has 0 aliphatic rings. The lowest BCUT2D eigenvalue weighted by Gasteiger charge is -2.09. The van der Waals surface area contributed by atoms with E-state index >= 15 is 0 Å². The van der Waals surface area contributed by atoms with Gasteiger partial charge in [-0.15, -0.1) is 0 Å². The molecule has 1 atom stereocenters. The number of halogens is 3. The van der Waals surface area contributed by atoms with Gasteiger partial charge in [0.15, 0.2) is 0 Å². The highest BCUT2D eigenvalue weighted by molar-refractivity contribution is 9.24. The normalized spacial score (nSPS) is 14.3. The second kappa shape index (κ2) is 6.13. The van der Waals surface area contributed by atoms with Gasteiger partial charge in [-0.25, -0.2) is 0 Å². The largest absolute Gasteiger partial charge is 0.391 e. The van der Waals surface area contributed by atoms with Gasteiger partial charge in [-0.05, 0) is 12.8 Å². The van der Waals surface area contributed by atoms with Crippen molar-refractivity contribution in [3.63, 3.8) is 0 Å². The van der Waals surface area contributed by atoms with Crippen molar-refractivity contribution >= 4 is 47.8 Å². The molecule has 1 N–H and O–H groups in total. The molecular formula is C5H9Br3O.